The highest BCUT2D eigenvalue weighted by Gasteiger charge is 2.50. The van der Waals surface area contributed by atoms with Crippen molar-refractivity contribution in [2.45, 2.75) is 56.4 Å². The molecule has 4 fully saturated rings. The van der Waals surface area contributed by atoms with Gasteiger partial charge in [0.15, 0.2) is 0 Å². The zero-order valence-corrected chi connectivity index (χ0v) is 20.0. The lowest BCUT2D eigenvalue weighted by molar-refractivity contribution is -0.0444. The third-order valence-electron chi connectivity index (χ3n) is 8.28. The summed E-state index contributed by atoms with van der Waals surface area (Å²) in [6.07, 6.45) is 10.2. The van der Waals surface area contributed by atoms with Gasteiger partial charge in [-0.25, -0.2) is 22.8 Å². The van der Waals surface area contributed by atoms with E-state index in [1.807, 2.05) is 0 Å². The molecule has 1 aliphatic heterocycles. The van der Waals surface area contributed by atoms with Crippen LogP contribution in [0.2, 0.25) is 5.02 Å². The number of aromatic nitrogens is 2. The molecule has 0 saturated heterocycles. The molecule has 176 valence electrons. The van der Waals surface area contributed by atoms with Crippen molar-refractivity contribution in [3.63, 3.8) is 0 Å². The van der Waals surface area contributed by atoms with E-state index in [0.29, 0.717) is 17.5 Å². The Morgan fingerprint density at radius 1 is 1.12 bits per heavy atom. The van der Waals surface area contributed by atoms with Gasteiger partial charge in [-0.2, -0.15) is 4.31 Å². The van der Waals surface area contributed by atoms with Crippen molar-refractivity contribution >= 4 is 27.4 Å². The molecule has 4 saturated carbocycles. The molecule has 5 aliphatic rings. The summed E-state index contributed by atoms with van der Waals surface area (Å²) in [7, 11) is -3.99. The summed E-state index contributed by atoms with van der Waals surface area (Å²) in [4.78, 5) is 8.53. The van der Waals surface area contributed by atoms with Crippen LogP contribution in [-0.4, -0.2) is 35.8 Å². The molecule has 4 aliphatic carbocycles. The molecule has 33 heavy (non-hydrogen) atoms. The second-order valence-electron chi connectivity index (χ2n) is 10.6. The lowest BCUT2D eigenvalue weighted by atomic mass is 9.49. The zero-order valence-electron chi connectivity index (χ0n) is 18.4. The van der Waals surface area contributed by atoms with E-state index in [1.165, 1.54) is 61.3 Å². The van der Waals surface area contributed by atoms with Gasteiger partial charge in [-0.1, -0.05) is 11.6 Å². The fourth-order valence-corrected chi connectivity index (χ4v) is 8.90. The highest BCUT2D eigenvalue weighted by atomic mass is 35.5. The molecule has 0 unspecified atom stereocenters. The number of rotatable bonds is 5. The van der Waals surface area contributed by atoms with Gasteiger partial charge in [0.05, 0.1) is 12.2 Å². The largest absolute Gasteiger partial charge is 0.369 e. The van der Waals surface area contributed by atoms with Gasteiger partial charge in [-0.3, -0.25) is 0 Å². The number of nitrogens with zero attached hydrogens (tertiary/aromatic N) is 3. The molecule has 9 heteroatoms. The molecule has 7 rings (SSSR count). The number of anilines is 1. The molecule has 1 aromatic heterocycles. The maximum atomic E-state index is 14.3. The summed E-state index contributed by atoms with van der Waals surface area (Å²) >= 11 is 5.79. The Hall–Kier alpha value is -1.77. The van der Waals surface area contributed by atoms with Crippen molar-refractivity contribution in [1.29, 1.82) is 0 Å². The highest BCUT2D eigenvalue weighted by molar-refractivity contribution is 7.89. The summed E-state index contributed by atoms with van der Waals surface area (Å²) in [6.45, 7) is 1.29. The van der Waals surface area contributed by atoms with E-state index in [-0.39, 0.29) is 23.0 Å². The van der Waals surface area contributed by atoms with Gasteiger partial charge in [-0.05, 0) is 86.3 Å². The first kappa shape index (κ1) is 21.7. The molecule has 2 aromatic rings. The Bertz CT molecular complexity index is 1170. The van der Waals surface area contributed by atoms with Crippen LogP contribution in [-0.2, 0) is 23.0 Å². The minimum atomic E-state index is -3.99. The average Bonchev–Trinajstić information content (AvgIpc) is 2.76. The van der Waals surface area contributed by atoms with Crippen molar-refractivity contribution in [1.82, 2.24) is 14.3 Å². The second-order valence-corrected chi connectivity index (χ2v) is 12.9. The summed E-state index contributed by atoms with van der Waals surface area (Å²) < 4.78 is 41.8. The van der Waals surface area contributed by atoms with E-state index in [4.69, 9.17) is 11.6 Å². The summed E-state index contributed by atoms with van der Waals surface area (Å²) in [6, 6.07) is 3.64. The molecule has 0 amide bonds. The quantitative estimate of drug-likeness (QED) is 0.660. The number of halogens is 2. The SMILES string of the molecule is O=S(=O)(c1ccc(Cl)cc1F)N1CCc2c(ncnc2NCC23CC4CC(CC(C4)C2)C3)C1. The van der Waals surface area contributed by atoms with Crippen molar-refractivity contribution in [3.8, 4) is 0 Å². The number of hydrogen-bond acceptors (Lipinski definition) is 5. The number of fused-ring (bicyclic) bond motifs is 1. The monoisotopic (exact) mass is 490 g/mol. The van der Waals surface area contributed by atoms with E-state index in [9.17, 15) is 12.8 Å². The van der Waals surface area contributed by atoms with Crippen LogP contribution >= 0.6 is 11.6 Å². The third-order valence-corrected chi connectivity index (χ3v) is 10.4. The topological polar surface area (TPSA) is 75.2 Å². The van der Waals surface area contributed by atoms with E-state index < -0.39 is 15.8 Å². The summed E-state index contributed by atoms with van der Waals surface area (Å²) in [5.41, 5.74) is 2.04. The van der Waals surface area contributed by atoms with Crippen LogP contribution in [0.3, 0.4) is 0 Å². The van der Waals surface area contributed by atoms with Gasteiger partial charge in [0.1, 0.15) is 22.9 Å². The minimum Gasteiger partial charge on any atom is -0.369 e. The lowest BCUT2D eigenvalue weighted by Gasteiger charge is -2.57. The van der Waals surface area contributed by atoms with Crippen molar-refractivity contribution < 1.29 is 12.8 Å². The predicted molar refractivity (Wildman–Crippen MR) is 124 cm³/mol. The van der Waals surface area contributed by atoms with Crippen LogP contribution in [0.25, 0.3) is 0 Å². The van der Waals surface area contributed by atoms with E-state index in [0.717, 1.165) is 41.7 Å². The van der Waals surface area contributed by atoms with Crippen LogP contribution in [0.1, 0.15) is 49.8 Å². The van der Waals surface area contributed by atoms with Crippen LogP contribution < -0.4 is 5.32 Å². The number of hydrogen-bond donors (Lipinski definition) is 1. The first-order valence-corrected chi connectivity index (χ1v) is 13.6. The molecule has 0 atom stereocenters. The first-order valence-electron chi connectivity index (χ1n) is 11.8. The molecule has 1 aromatic carbocycles. The van der Waals surface area contributed by atoms with Crippen LogP contribution in [0, 0.1) is 29.0 Å². The normalized spacial score (nSPS) is 30.9. The Labute approximate surface area is 199 Å². The number of sulfonamides is 1. The maximum absolute atomic E-state index is 14.3. The molecule has 1 N–H and O–H groups in total. The van der Waals surface area contributed by atoms with Crippen molar-refractivity contribution in [2.24, 2.45) is 23.2 Å². The van der Waals surface area contributed by atoms with Crippen molar-refractivity contribution in [2.75, 3.05) is 18.4 Å². The smallest absolute Gasteiger partial charge is 0.246 e. The highest BCUT2D eigenvalue weighted by Crippen LogP contribution is 2.60. The van der Waals surface area contributed by atoms with Crippen LogP contribution in [0.15, 0.2) is 29.4 Å². The van der Waals surface area contributed by atoms with Crippen molar-refractivity contribution in [3.05, 3.63) is 46.6 Å². The van der Waals surface area contributed by atoms with Gasteiger partial charge in [-0.15, -0.1) is 0 Å². The Kier molecular flexibility index (Phi) is 5.20. The van der Waals surface area contributed by atoms with Crippen LogP contribution in [0.4, 0.5) is 10.2 Å². The fraction of sp³-hybridized carbons (Fsp3) is 0.583. The fourth-order valence-electron chi connectivity index (χ4n) is 7.29. The van der Waals surface area contributed by atoms with Crippen LogP contribution in [0.5, 0.6) is 0 Å². The third kappa shape index (κ3) is 3.84. The zero-order chi connectivity index (χ0) is 22.8. The van der Waals surface area contributed by atoms with Gasteiger partial charge in [0.25, 0.3) is 0 Å². The predicted octanol–water partition coefficient (Wildman–Crippen LogP) is 4.64. The first-order chi connectivity index (χ1) is 15.8. The lowest BCUT2D eigenvalue weighted by Crippen LogP contribution is -2.49. The maximum Gasteiger partial charge on any atom is 0.246 e. The van der Waals surface area contributed by atoms with Gasteiger partial charge in [0.2, 0.25) is 10.0 Å². The molecule has 6 nitrogen and oxygen atoms in total. The van der Waals surface area contributed by atoms with E-state index >= 15 is 0 Å². The Balaban J connectivity index is 1.20. The minimum absolute atomic E-state index is 0.105. The average molecular weight is 491 g/mol. The molecule has 0 radical (unpaired) electrons. The Morgan fingerprint density at radius 3 is 2.48 bits per heavy atom. The molecule has 0 spiro atoms. The van der Waals surface area contributed by atoms with Gasteiger partial charge >= 0.3 is 0 Å². The second kappa shape index (κ2) is 7.89. The molecular formula is C24H28ClFN4O2S. The van der Waals surface area contributed by atoms with E-state index in [2.05, 4.69) is 15.3 Å². The molecular weight excluding hydrogens is 463 g/mol. The number of benzene rings is 1. The molecule has 2 heterocycles. The summed E-state index contributed by atoms with van der Waals surface area (Å²) in [5, 5.41) is 3.80. The summed E-state index contributed by atoms with van der Waals surface area (Å²) in [5.74, 6) is 2.66. The Morgan fingerprint density at radius 2 is 1.82 bits per heavy atom. The number of nitrogens with one attached hydrogen (secondary N) is 1. The van der Waals surface area contributed by atoms with E-state index in [1.54, 1.807) is 0 Å². The van der Waals surface area contributed by atoms with Gasteiger partial charge in [0, 0.05) is 23.7 Å². The standard InChI is InChI=1S/C24H28ClFN4O2S/c25-18-1-2-22(20(26)8-18)33(31,32)30-4-3-19-21(12-30)28-14-29-23(19)27-13-24-9-15-5-16(10-24)7-17(6-15)11-24/h1-2,8,14-17H,3-7,9-13H2,(H,27,28,29). The molecule has 4 bridgehead atoms. The van der Waals surface area contributed by atoms with Gasteiger partial charge < -0.3 is 5.32 Å².